The van der Waals surface area contributed by atoms with Crippen molar-refractivity contribution in [2.24, 2.45) is 5.92 Å². The second-order valence-electron chi connectivity index (χ2n) is 7.85. The SMILES string of the molecule is CCCCn1c(N)c(N(C)C(=O)Cc2c(C)nn(CC(C)C)c2C)c(=O)[nH]c1=O. The molecule has 2 aromatic rings. The maximum atomic E-state index is 13.0. The van der Waals surface area contributed by atoms with E-state index in [9.17, 15) is 14.4 Å². The lowest BCUT2D eigenvalue weighted by Crippen LogP contribution is -2.39. The molecule has 9 heteroatoms. The number of anilines is 2. The number of rotatable bonds is 8. The second-order valence-corrected chi connectivity index (χ2v) is 7.85. The molecule has 2 heterocycles. The Hall–Kier alpha value is -2.84. The Morgan fingerprint density at radius 3 is 2.52 bits per heavy atom. The Kier molecular flexibility index (Phi) is 7.05. The molecule has 0 aliphatic carbocycles. The third-order valence-corrected chi connectivity index (χ3v) is 5.06. The van der Waals surface area contributed by atoms with Crippen LogP contribution in [-0.4, -0.2) is 32.3 Å². The van der Waals surface area contributed by atoms with E-state index in [4.69, 9.17) is 5.73 Å². The Labute approximate surface area is 170 Å². The molecule has 0 aliphatic rings. The van der Waals surface area contributed by atoms with Gasteiger partial charge in [-0.2, -0.15) is 5.10 Å². The molecule has 2 aromatic heterocycles. The molecule has 9 nitrogen and oxygen atoms in total. The lowest BCUT2D eigenvalue weighted by molar-refractivity contribution is -0.117. The van der Waals surface area contributed by atoms with E-state index < -0.39 is 11.2 Å². The fraction of sp³-hybridized carbons (Fsp3) is 0.600. The zero-order valence-electron chi connectivity index (χ0n) is 18.2. The first kappa shape index (κ1) is 22.4. The smallest absolute Gasteiger partial charge is 0.330 e. The summed E-state index contributed by atoms with van der Waals surface area (Å²) in [7, 11) is 1.50. The summed E-state index contributed by atoms with van der Waals surface area (Å²) in [6.07, 6.45) is 1.70. The van der Waals surface area contributed by atoms with E-state index in [2.05, 4.69) is 23.9 Å². The molecular weight excluding hydrogens is 372 g/mol. The number of nitrogens with zero attached hydrogens (tertiary/aromatic N) is 4. The zero-order chi connectivity index (χ0) is 21.9. The van der Waals surface area contributed by atoms with Crippen LogP contribution in [0.1, 0.15) is 50.6 Å². The maximum Gasteiger partial charge on any atom is 0.330 e. The average Bonchev–Trinajstić information content (AvgIpc) is 2.87. The molecule has 0 saturated heterocycles. The zero-order valence-corrected chi connectivity index (χ0v) is 18.2. The van der Waals surface area contributed by atoms with Crippen LogP contribution in [0, 0.1) is 19.8 Å². The van der Waals surface area contributed by atoms with Gasteiger partial charge >= 0.3 is 5.69 Å². The summed E-state index contributed by atoms with van der Waals surface area (Å²) in [6.45, 7) is 11.2. The van der Waals surface area contributed by atoms with E-state index in [1.54, 1.807) is 0 Å². The van der Waals surface area contributed by atoms with Crippen LogP contribution in [0.25, 0.3) is 0 Å². The molecule has 0 fully saturated rings. The third-order valence-electron chi connectivity index (χ3n) is 5.06. The quantitative estimate of drug-likeness (QED) is 0.692. The van der Waals surface area contributed by atoms with Gasteiger partial charge in [0.2, 0.25) is 5.91 Å². The molecule has 160 valence electrons. The van der Waals surface area contributed by atoms with Gasteiger partial charge in [0.05, 0.1) is 12.1 Å². The number of hydrogen-bond acceptors (Lipinski definition) is 5. The summed E-state index contributed by atoms with van der Waals surface area (Å²) in [5.74, 6) is 0.145. The second kappa shape index (κ2) is 9.11. The van der Waals surface area contributed by atoms with Crippen molar-refractivity contribution >= 4 is 17.4 Å². The molecule has 2 rings (SSSR count). The van der Waals surface area contributed by atoms with Gasteiger partial charge in [-0.3, -0.25) is 23.8 Å². The van der Waals surface area contributed by atoms with Gasteiger partial charge in [-0.15, -0.1) is 0 Å². The number of aromatic nitrogens is 4. The normalized spacial score (nSPS) is 11.3. The van der Waals surface area contributed by atoms with Crippen molar-refractivity contribution in [1.29, 1.82) is 0 Å². The Bertz CT molecular complexity index is 999. The number of H-pyrrole nitrogens is 1. The van der Waals surface area contributed by atoms with Gasteiger partial charge in [0, 0.05) is 31.4 Å². The lowest BCUT2D eigenvalue weighted by atomic mass is 10.1. The highest BCUT2D eigenvalue weighted by Crippen LogP contribution is 2.20. The predicted octanol–water partition coefficient (Wildman–Crippen LogP) is 1.59. The lowest BCUT2D eigenvalue weighted by Gasteiger charge is -2.20. The molecule has 0 atom stereocenters. The number of hydrogen-bond donors (Lipinski definition) is 2. The van der Waals surface area contributed by atoms with Crippen LogP contribution in [0.3, 0.4) is 0 Å². The van der Waals surface area contributed by atoms with E-state index in [-0.39, 0.29) is 23.8 Å². The van der Waals surface area contributed by atoms with E-state index in [0.29, 0.717) is 12.5 Å². The number of amides is 1. The van der Waals surface area contributed by atoms with Gasteiger partial charge in [-0.1, -0.05) is 27.2 Å². The minimum atomic E-state index is -0.667. The number of carbonyl (C=O) groups excluding carboxylic acids is 1. The summed E-state index contributed by atoms with van der Waals surface area (Å²) in [6, 6.07) is 0. The van der Waals surface area contributed by atoms with E-state index in [1.807, 2.05) is 25.5 Å². The fourth-order valence-corrected chi connectivity index (χ4v) is 3.35. The molecule has 0 bridgehead atoms. The van der Waals surface area contributed by atoms with Crippen molar-refractivity contribution in [3.8, 4) is 0 Å². The minimum Gasteiger partial charge on any atom is -0.383 e. The highest BCUT2D eigenvalue weighted by molar-refractivity contribution is 5.96. The van der Waals surface area contributed by atoms with Crippen LogP contribution in [0.2, 0.25) is 0 Å². The summed E-state index contributed by atoms with van der Waals surface area (Å²) >= 11 is 0. The molecule has 29 heavy (non-hydrogen) atoms. The topological polar surface area (TPSA) is 119 Å². The summed E-state index contributed by atoms with van der Waals surface area (Å²) < 4.78 is 3.22. The van der Waals surface area contributed by atoms with Gasteiger partial charge in [-0.05, 0) is 26.2 Å². The molecule has 0 spiro atoms. The Morgan fingerprint density at radius 2 is 1.93 bits per heavy atom. The van der Waals surface area contributed by atoms with Gasteiger partial charge in [0.25, 0.3) is 5.56 Å². The van der Waals surface area contributed by atoms with Crippen molar-refractivity contribution in [2.75, 3.05) is 17.7 Å². The van der Waals surface area contributed by atoms with Gasteiger partial charge in [0.15, 0.2) is 5.69 Å². The van der Waals surface area contributed by atoms with Crippen LogP contribution in [-0.2, 0) is 24.3 Å². The molecule has 0 radical (unpaired) electrons. The van der Waals surface area contributed by atoms with Gasteiger partial charge < -0.3 is 10.6 Å². The van der Waals surface area contributed by atoms with E-state index in [0.717, 1.165) is 36.3 Å². The standard InChI is InChI=1S/C20H32N6O3/c1-7-8-9-25-18(21)17(19(28)22-20(25)29)24(6)16(27)10-15-13(4)23-26(14(15)5)11-12(2)3/h12H,7-11,21H2,1-6H3,(H,22,28,29). The van der Waals surface area contributed by atoms with Crippen molar-refractivity contribution in [3.63, 3.8) is 0 Å². The molecule has 0 saturated carbocycles. The number of aryl methyl sites for hydroxylation is 1. The molecule has 0 aliphatic heterocycles. The van der Waals surface area contributed by atoms with Crippen LogP contribution in [0.4, 0.5) is 11.5 Å². The Balaban J connectivity index is 2.35. The first-order valence-electron chi connectivity index (χ1n) is 10.00. The highest BCUT2D eigenvalue weighted by atomic mass is 16.2. The molecule has 0 aromatic carbocycles. The maximum absolute atomic E-state index is 13.0. The third kappa shape index (κ3) is 4.78. The van der Waals surface area contributed by atoms with Crippen molar-refractivity contribution in [1.82, 2.24) is 19.3 Å². The van der Waals surface area contributed by atoms with Crippen LogP contribution >= 0.6 is 0 Å². The number of carbonyl (C=O) groups is 1. The number of nitrogen functional groups attached to an aromatic ring is 1. The fourth-order valence-electron chi connectivity index (χ4n) is 3.35. The number of aromatic amines is 1. The minimum absolute atomic E-state index is 0.00409. The van der Waals surface area contributed by atoms with E-state index >= 15 is 0 Å². The largest absolute Gasteiger partial charge is 0.383 e. The first-order chi connectivity index (χ1) is 13.6. The van der Waals surface area contributed by atoms with Crippen molar-refractivity contribution in [3.05, 3.63) is 37.8 Å². The molecule has 3 N–H and O–H groups in total. The number of nitrogens with two attached hydrogens (primary N) is 1. The number of likely N-dealkylation sites (N-methyl/N-ethyl adjacent to an activating group) is 1. The van der Waals surface area contributed by atoms with Crippen molar-refractivity contribution in [2.45, 2.75) is 67.0 Å². The van der Waals surface area contributed by atoms with Gasteiger partial charge in [-0.25, -0.2) is 4.79 Å². The Morgan fingerprint density at radius 1 is 1.28 bits per heavy atom. The molecule has 0 unspecified atom stereocenters. The van der Waals surface area contributed by atoms with Gasteiger partial charge in [0.1, 0.15) is 5.82 Å². The van der Waals surface area contributed by atoms with Crippen LogP contribution in [0.5, 0.6) is 0 Å². The number of unbranched alkanes of at least 4 members (excludes halogenated alkanes) is 1. The monoisotopic (exact) mass is 404 g/mol. The van der Waals surface area contributed by atoms with E-state index in [1.165, 1.54) is 16.5 Å². The summed E-state index contributed by atoms with van der Waals surface area (Å²) in [4.78, 5) is 40.9. The van der Waals surface area contributed by atoms with Crippen LogP contribution in [0.15, 0.2) is 9.59 Å². The predicted molar refractivity (Wildman–Crippen MR) is 114 cm³/mol. The molecule has 1 amide bonds. The average molecular weight is 405 g/mol. The van der Waals surface area contributed by atoms with Crippen LogP contribution < -0.4 is 21.9 Å². The highest BCUT2D eigenvalue weighted by Gasteiger charge is 2.23. The molecular formula is C20H32N6O3. The summed E-state index contributed by atoms with van der Waals surface area (Å²) in [5.41, 5.74) is 7.45. The first-order valence-corrected chi connectivity index (χ1v) is 10.00. The van der Waals surface area contributed by atoms with Crippen molar-refractivity contribution < 1.29 is 4.79 Å². The summed E-state index contributed by atoms with van der Waals surface area (Å²) in [5, 5.41) is 4.54. The number of nitrogens with one attached hydrogen (secondary N) is 1.